The molecule has 3 aromatic rings. The second-order valence-electron chi connectivity index (χ2n) is 7.04. The van der Waals surface area contributed by atoms with Crippen LogP contribution in [-0.2, 0) is 0 Å². The Morgan fingerprint density at radius 1 is 1.08 bits per heavy atom. The van der Waals surface area contributed by atoms with Crippen LogP contribution in [0.5, 0.6) is 0 Å². The van der Waals surface area contributed by atoms with Gasteiger partial charge in [0.15, 0.2) is 5.65 Å². The van der Waals surface area contributed by atoms with E-state index in [-0.39, 0.29) is 0 Å². The Bertz CT molecular complexity index is 927. The summed E-state index contributed by atoms with van der Waals surface area (Å²) >= 11 is 6.46. The van der Waals surface area contributed by atoms with Gasteiger partial charge in [0.2, 0.25) is 0 Å². The molecule has 0 aromatic carbocycles. The maximum atomic E-state index is 6.46. The monoisotopic (exact) mass is 356 g/mol. The first-order valence-corrected chi connectivity index (χ1v) is 9.23. The lowest BCUT2D eigenvalue weighted by Gasteiger charge is -2.13. The topological polar surface area (TPSA) is 43.6 Å². The summed E-state index contributed by atoms with van der Waals surface area (Å²) in [4.78, 5) is 14.3. The average Bonchev–Trinajstić information content (AvgIpc) is 2.89. The molecule has 0 aliphatic heterocycles. The van der Waals surface area contributed by atoms with E-state index in [2.05, 4.69) is 50.4 Å². The zero-order chi connectivity index (χ0) is 18.3. The number of rotatable bonds is 4. The molecule has 4 nitrogen and oxygen atoms in total. The third kappa shape index (κ3) is 3.15. The molecule has 0 saturated heterocycles. The van der Waals surface area contributed by atoms with Gasteiger partial charge in [0.05, 0.1) is 11.4 Å². The highest BCUT2D eigenvalue weighted by Gasteiger charge is 2.18. The van der Waals surface area contributed by atoms with Gasteiger partial charge in [-0.15, -0.1) is 0 Å². The summed E-state index contributed by atoms with van der Waals surface area (Å²) in [5.41, 5.74) is 6.52. The Morgan fingerprint density at radius 3 is 2.40 bits per heavy atom. The number of halogens is 1. The molecule has 0 N–H and O–H groups in total. The molecule has 0 amide bonds. The number of fused-ring (bicyclic) bond motifs is 1. The van der Waals surface area contributed by atoms with Gasteiger partial charge in [-0.05, 0) is 50.8 Å². The van der Waals surface area contributed by atoms with Crippen LogP contribution in [-0.4, -0.2) is 19.5 Å². The van der Waals surface area contributed by atoms with Gasteiger partial charge in [0, 0.05) is 23.5 Å². The maximum Gasteiger partial charge on any atom is 0.159 e. The van der Waals surface area contributed by atoms with Gasteiger partial charge in [0.1, 0.15) is 10.7 Å². The van der Waals surface area contributed by atoms with Crippen molar-refractivity contribution in [3.8, 4) is 11.3 Å². The van der Waals surface area contributed by atoms with Crippen LogP contribution in [0, 0.1) is 13.8 Å². The highest BCUT2D eigenvalue weighted by atomic mass is 35.5. The van der Waals surface area contributed by atoms with Crippen LogP contribution in [0.2, 0.25) is 5.15 Å². The molecule has 3 heterocycles. The van der Waals surface area contributed by atoms with E-state index in [4.69, 9.17) is 21.6 Å². The van der Waals surface area contributed by atoms with Gasteiger partial charge in [-0.2, -0.15) is 0 Å². The van der Waals surface area contributed by atoms with E-state index in [1.807, 2.05) is 19.1 Å². The van der Waals surface area contributed by atoms with E-state index in [9.17, 15) is 0 Å². The van der Waals surface area contributed by atoms with Gasteiger partial charge in [-0.1, -0.05) is 32.4 Å². The third-order valence-electron chi connectivity index (χ3n) is 4.79. The molecule has 25 heavy (non-hydrogen) atoms. The summed E-state index contributed by atoms with van der Waals surface area (Å²) < 4.78 is 2.22. The first-order valence-electron chi connectivity index (χ1n) is 8.86. The highest BCUT2D eigenvalue weighted by Crippen LogP contribution is 2.31. The lowest BCUT2D eigenvalue weighted by atomic mass is 10.1. The maximum absolute atomic E-state index is 6.46. The van der Waals surface area contributed by atoms with Crippen molar-refractivity contribution in [2.75, 3.05) is 0 Å². The molecule has 0 spiro atoms. The first kappa shape index (κ1) is 17.9. The largest absolute Gasteiger partial charge is 0.328 e. The Hall–Kier alpha value is -1.94. The third-order valence-corrected chi connectivity index (χ3v) is 5.07. The van der Waals surface area contributed by atoms with E-state index in [0.717, 1.165) is 45.8 Å². The molecular formula is C20H25ClN4. The summed E-state index contributed by atoms with van der Waals surface area (Å²) in [6.07, 6.45) is 3.20. The zero-order valence-corrected chi connectivity index (χ0v) is 16.5. The lowest BCUT2D eigenvalue weighted by Crippen LogP contribution is -2.05. The molecule has 0 saturated carbocycles. The molecule has 0 fully saturated rings. The number of aryl methyl sites for hydroxylation is 2. The second-order valence-corrected chi connectivity index (χ2v) is 7.39. The van der Waals surface area contributed by atoms with E-state index >= 15 is 0 Å². The quantitative estimate of drug-likeness (QED) is 0.550. The molecule has 1 unspecified atom stereocenters. The second kappa shape index (κ2) is 6.75. The number of aromatic nitrogens is 4. The minimum Gasteiger partial charge on any atom is -0.328 e. The van der Waals surface area contributed by atoms with Crippen LogP contribution >= 0.6 is 11.6 Å². The zero-order valence-electron chi connectivity index (χ0n) is 15.8. The molecule has 132 valence electrons. The van der Waals surface area contributed by atoms with Crippen LogP contribution in [0.15, 0.2) is 18.3 Å². The van der Waals surface area contributed by atoms with Crippen LogP contribution in [0.25, 0.3) is 22.4 Å². The number of hydrogen-bond acceptors (Lipinski definition) is 3. The van der Waals surface area contributed by atoms with Crippen LogP contribution in [0.4, 0.5) is 0 Å². The summed E-state index contributed by atoms with van der Waals surface area (Å²) in [5, 5.41) is 0.488. The fourth-order valence-electron chi connectivity index (χ4n) is 3.02. The Labute approximate surface area is 154 Å². The standard InChI is InChI=1S/C20H25ClN4/c1-7-13(5)25-10-12(4)17-20(25)22-14(6)18(24-17)15-8-9-16(11(2)3)23-19(15)21/h8-11,13H,7H2,1-6H3. The minimum absolute atomic E-state index is 0.341. The number of pyridine rings is 1. The van der Waals surface area contributed by atoms with E-state index < -0.39 is 0 Å². The molecule has 5 heteroatoms. The molecule has 0 radical (unpaired) electrons. The fraction of sp³-hybridized carbons (Fsp3) is 0.450. The number of hydrogen-bond donors (Lipinski definition) is 0. The van der Waals surface area contributed by atoms with Gasteiger partial charge < -0.3 is 4.57 Å². The van der Waals surface area contributed by atoms with Gasteiger partial charge in [-0.25, -0.2) is 15.0 Å². The Morgan fingerprint density at radius 2 is 1.80 bits per heavy atom. The molecule has 0 aliphatic carbocycles. The molecule has 0 aliphatic rings. The van der Waals surface area contributed by atoms with Crippen molar-refractivity contribution >= 4 is 22.8 Å². The van der Waals surface area contributed by atoms with Gasteiger partial charge in [-0.3, -0.25) is 0 Å². The molecule has 3 rings (SSSR count). The number of nitrogens with zero attached hydrogens (tertiary/aromatic N) is 4. The molecular weight excluding hydrogens is 332 g/mol. The summed E-state index contributed by atoms with van der Waals surface area (Å²) in [6, 6.07) is 4.43. The first-order chi connectivity index (χ1) is 11.8. The predicted molar refractivity (Wildman–Crippen MR) is 104 cm³/mol. The highest BCUT2D eigenvalue weighted by molar-refractivity contribution is 6.32. The smallest absolute Gasteiger partial charge is 0.159 e. The summed E-state index contributed by atoms with van der Waals surface area (Å²) in [5.74, 6) is 0.341. The Balaban J connectivity index is 2.18. The Kier molecular flexibility index (Phi) is 4.83. The van der Waals surface area contributed by atoms with Crippen molar-refractivity contribution in [3.05, 3.63) is 40.4 Å². The van der Waals surface area contributed by atoms with Gasteiger partial charge in [0.25, 0.3) is 0 Å². The van der Waals surface area contributed by atoms with Crippen LogP contribution in [0.1, 0.15) is 63.0 Å². The summed E-state index contributed by atoms with van der Waals surface area (Å²) in [6.45, 7) is 12.7. The van der Waals surface area contributed by atoms with Crippen molar-refractivity contribution in [1.82, 2.24) is 19.5 Å². The average molecular weight is 357 g/mol. The molecule has 0 bridgehead atoms. The van der Waals surface area contributed by atoms with E-state index in [1.165, 1.54) is 0 Å². The van der Waals surface area contributed by atoms with Crippen LogP contribution in [0.3, 0.4) is 0 Å². The van der Waals surface area contributed by atoms with Crippen molar-refractivity contribution in [2.45, 2.75) is 59.9 Å². The van der Waals surface area contributed by atoms with Crippen molar-refractivity contribution < 1.29 is 0 Å². The van der Waals surface area contributed by atoms with Crippen molar-refractivity contribution in [3.63, 3.8) is 0 Å². The van der Waals surface area contributed by atoms with E-state index in [0.29, 0.717) is 17.1 Å². The molecule has 3 aromatic heterocycles. The molecule has 1 atom stereocenters. The SMILES string of the molecule is CCC(C)n1cc(C)c2nc(-c3ccc(C(C)C)nc3Cl)c(C)nc21. The summed E-state index contributed by atoms with van der Waals surface area (Å²) in [7, 11) is 0. The van der Waals surface area contributed by atoms with Crippen LogP contribution < -0.4 is 0 Å². The normalized spacial score (nSPS) is 13.0. The van der Waals surface area contributed by atoms with Crippen molar-refractivity contribution in [1.29, 1.82) is 0 Å². The van der Waals surface area contributed by atoms with Gasteiger partial charge >= 0.3 is 0 Å². The van der Waals surface area contributed by atoms with E-state index in [1.54, 1.807) is 0 Å². The lowest BCUT2D eigenvalue weighted by molar-refractivity contribution is 0.543. The fourth-order valence-corrected chi connectivity index (χ4v) is 3.27. The van der Waals surface area contributed by atoms with Crippen molar-refractivity contribution in [2.24, 2.45) is 0 Å². The minimum atomic E-state index is 0.341. The predicted octanol–water partition coefficient (Wildman–Crippen LogP) is 5.86.